The molecule has 0 unspecified atom stereocenters. The largest absolute Gasteiger partial charge is 0.455 e. The van der Waals surface area contributed by atoms with Gasteiger partial charge in [0.25, 0.3) is 0 Å². The molecule has 0 saturated carbocycles. The van der Waals surface area contributed by atoms with Crippen molar-refractivity contribution in [3.8, 4) is 5.75 Å². The first-order valence-corrected chi connectivity index (χ1v) is 8.13. The molecule has 1 nitrogen and oxygen atoms in total. The number of fused-ring (bicyclic) bond motifs is 1. The number of hydrogen-bond donors (Lipinski definition) is 0. The Hall–Kier alpha value is -3.06. The first-order valence-electron chi connectivity index (χ1n) is 8.13. The molecule has 1 heteroatoms. The van der Waals surface area contributed by atoms with Gasteiger partial charge in [-0.25, -0.2) is 0 Å². The summed E-state index contributed by atoms with van der Waals surface area (Å²) in [4.78, 5) is 0. The van der Waals surface area contributed by atoms with Crippen molar-refractivity contribution in [2.24, 2.45) is 0 Å². The zero-order valence-corrected chi connectivity index (χ0v) is 13.6. The molecule has 0 saturated heterocycles. The van der Waals surface area contributed by atoms with E-state index in [2.05, 4.69) is 73.7 Å². The van der Waals surface area contributed by atoms with Crippen molar-refractivity contribution in [3.05, 3.63) is 107 Å². The minimum atomic E-state index is 0.891. The summed E-state index contributed by atoms with van der Waals surface area (Å²) in [6, 6.07) is 27.0. The highest BCUT2D eigenvalue weighted by atomic mass is 16.5. The van der Waals surface area contributed by atoms with Crippen LogP contribution in [0, 0.1) is 6.92 Å². The summed E-state index contributed by atoms with van der Waals surface area (Å²) in [5.74, 6) is 1.79. The fourth-order valence-electron chi connectivity index (χ4n) is 2.93. The Morgan fingerprint density at radius 3 is 2.04 bits per heavy atom. The van der Waals surface area contributed by atoms with Crippen LogP contribution in [0.15, 0.2) is 84.9 Å². The van der Waals surface area contributed by atoms with Crippen LogP contribution in [0.4, 0.5) is 0 Å². The summed E-state index contributed by atoms with van der Waals surface area (Å²) in [5.41, 5.74) is 5.61. The van der Waals surface area contributed by atoms with Gasteiger partial charge in [-0.1, -0.05) is 78.9 Å². The predicted octanol–water partition coefficient (Wildman–Crippen LogP) is 5.97. The third kappa shape index (κ3) is 2.77. The zero-order chi connectivity index (χ0) is 16.4. The van der Waals surface area contributed by atoms with Crippen LogP contribution in [0.2, 0.25) is 0 Å². The van der Waals surface area contributed by atoms with Crippen LogP contribution in [-0.4, -0.2) is 0 Å². The number of hydrogen-bond acceptors (Lipinski definition) is 1. The van der Waals surface area contributed by atoms with Crippen molar-refractivity contribution < 1.29 is 4.74 Å². The molecule has 0 radical (unpaired) electrons. The Morgan fingerprint density at radius 1 is 0.667 bits per heavy atom. The van der Waals surface area contributed by atoms with Crippen LogP contribution in [0.25, 0.3) is 17.4 Å². The Morgan fingerprint density at radius 2 is 1.33 bits per heavy atom. The molecular formula is C23H18O. The van der Waals surface area contributed by atoms with Gasteiger partial charge in [0, 0.05) is 16.7 Å². The average molecular weight is 310 g/mol. The second kappa shape index (κ2) is 6.21. The number of ether oxygens (including phenoxy) is 1. The van der Waals surface area contributed by atoms with Gasteiger partial charge < -0.3 is 4.74 Å². The molecule has 3 aromatic carbocycles. The van der Waals surface area contributed by atoms with E-state index in [1.807, 2.05) is 24.3 Å². The highest BCUT2D eigenvalue weighted by molar-refractivity contribution is 5.97. The molecule has 24 heavy (non-hydrogen) atoms. The van der Waals surface area contributed by atoms with Gasteiger partial charge in [0.2, 0.25) is 0 Å². The van der Waals surface area contributed by atoms with Gasteiger partial charge in [0.1, 0.15) is 11.5 Å². The molecule has 0 bridgehead atoms. The molecule has 0 fully saturated rings. The van der Waals surface area contributed by atoms with Gasteiger partial charge in [-0.2, -0.15) is 0 Å². The minimum Gasteiger partial charge on any atom is -0.455 e. The quantitative estimate of drug-likeness (QED) is 0.566. The van der Waals surface area contributed by atoms with Crippen molar-refractivity contribution in [3.63, 3.8) is 0 Å². The van der Waals surface area contributed by atoms with Gasteiger partial charge in [0.15, 0.2) is 0 Å². The van der Waals surface area contributed by atoms with Gasteiger partial charge >= 0.3 is 0 Å². The summed E-state index contributed by atoms with van der Waals surface area (Å²) < 4.78 is 6.41. The molecule has 1 aliphatic rings. The molecule has 1 heterocycles. The zero-order valence-electron chi connectivity index (χ0n) is 13.6. The van der Waals surface area contributed by atoms with E-state index in [0.717, 1.165) is 33.8 Å². The highest BCUT2D eigenvalue weighted by Crippen LogP contribution is 2.36. The summed E-state index contributed by atoms with van der Waals surface area (Å²) in [7, 11) is 0. The monoisotopic (exact) mass is 310 g/mol. The van der Waals surface area contributed by atoms with Crippen molar-refractivity contribution in [1.29, 1.82) is 0 Å². The number of allylic oxidation sites excluding steroid dienone is 2. The standard InChI is InChI=1S/C23H18O/c1-17-12-13-19-14-15-21(18-8-4-2-5-9-18)23(24-22(19)16-17)20-10-6-3-7-11-20/h2-16H,1H3. The molecular weight excluding hydrogens is 292 g/mol. The Labute approximate surface area is 142 Å². The summed E-state index contributed by atoms with van der Waals surface area (Å²) >= 11 is 0. The van der Waals surface area contributed by atoms with Crippen LogP contribution < -0.4 is 4.74 Å². The Balaban J connectivity index is 1.93. The second-order valence-electron chi connectivity index (χ2n) is 5.95. The normalized spacial score (nSPS) is 13.2. The topological polar surface area (TPSA) is 9.23 Å². The van der Waals surface area contributed by atoms with Crippen LogP contribution in [0.5, 0.6) is 5.75 Å². The second-order valence-corrected chi connectivity index (χ2v) is 5.95. The lowest BCUT2D eigenvalue weighted by Gasteiger charge is -2.15. The maximum Gasteiger partial charge on any atom is 0.142 e. The average Bonchev–Trinajstić information content (AvgIpc) is 2.82. The molecule has 1 aliphatic heterocycles. The maximum atomic E-state index is 6.41. The number of benzene rings is 3. The lowest BCUT2D eigenvalue weighted by atomic mass is 10.0. The molecule has 0 amide bonds. The SMILES string of the molecule is Cc1ccc2c(c1)OC(c1ccccc1)=C(c1ccccc1)C=C2. The summed E-state index contributed by atoms with van der Waals surface area (Å²) in [6.45, 7) is 2.09. The lowest BCUT2D eigenvalue weighted by molar-refractivity contribution is 0.516. The maximum absolute atomic E-state index is 6.41. The van der Waals surface area contributed by atoms with Crippen LogP contribution in [-0.2, 0) is 0 Å². The van der Waals surface area contributed by atoms with E-state index in [1.165, 1.54) is 5.56 Å². The van der Waals surface area contributed by atoms with Gasteiger partial charge in [0.05, 0.1) is 0 Å². The minimum absolute atomic E-state index is 0.891. The Kier molecular flexibility index (Phi) is 3.76. The lowest BCUT2D eigenvalue weighted by Crippen LogP contribution is -1.99. The van der Waals surface area contributed by atoms with E-state index in [9.17, 15) is 0 Å². The fraction of sp³-hybridized carbons (Fsp3) is 0.0435. The third-order valence-corrected chi connectivity index (χ3v) is 4.18. The van der Waals surface area contributed by atoms with E-state index in [0.29, 0.717) is 0 Å². The van der Waals surface area contributed by atoms with E-state index >= 15 is 0 Å². The molecule has 0 atom stereocenters. The summed E-state index contributed by atoms with van der Waals surface area (Å²) in [5, 5.41) is 0. The van der Waals surface area contributed by atoms with Gasteiger partial charge in [-0.15, -0.1) is 0 Å². The van der Waals surface area contributed by atoms with Crippen molar-refractivity contribution >= 4 is 17.4 Å². The van der Waals surface area contributed by atoms with Crippen LogP contribution in [0.1, 0.15) is 22.3 Å². The van der Waals surface area contributed by atoms with Gasteiger partial charge in [-0.05, 0) is 30.2 Å². The van der Waals surface area contributed by atoms with E-state index < -0.39 is 0 Å². The molecule has 3 aromatic rings. The first-order chi connectivity index (χ1) is 11.8. The molecule has 0 aliphatic carbocycles. The molecule has 0 aromatic heterocycles. The fourth-order valence-corrected chi connectivity index (χ4v) is 2.93. The Bertz CT molecular complexity index is 919. The van der Waals surface area contributed by atoms with Crippen LogP contribution >= 0.6 is 0 Å². The molecule has 116 valence electrons. The van der Waals surface area contributed by atoms with E-state index in [1.54, 1.807) is 0 Å². The molecule has 0 N–H and O–H groups in total. The van der Waals surface area contributed by atoms with Crippen LogP contribution in [0.3, 0.4) is 0 Å². The van der Waals surface area contributed by atoms with Crippen molar-refractivity contribution in [2.45, 2.75) is 6.92 Å². The van der Waals surface area contributed by atoms with Crippen molar-refractivity contribution in [2.75, 3.05) is 0 Å². The smallest absolute Gasteiger partial charge is 0.142 e. The third-order valence-electron chi connectivity index (χ3n) is 4.18. The highest BCUT2D eigenvalue weighted by Gasteiger charge is 2.16. The number of rotatable bonds is 2. The van der Waals surface area contributed by atoms with Gasteiger partial charge in [-0.3, -0.25) is 0 Å². The molecule has 0 spiro atoms. The van der Waals surface area contributed by atoms with Crippen molar-refractivity contribution in [1.82, 2.24) is 0 Å². The predicted molar refractivity (Wildman–Crippen MR) is 101 cm³/mol. The van der Waals surface area contributed by atoms with E-state index in [4.69, 9.17) is 4.74 Å². The molecule has 4 rings (SSSR count). The summed E-state index contributed by atoms with van der Waals surface area (Å²) in [6.07, 6.45) is 4.28. The van der Waals surface area contributed by atoms with E-state index in [-0.39, 0.29) is 0 Å². The number of aryl methyl sites for hydroxylation is 1. The first kappa shape index (κ1) is 14.5.